The molecular formula is C13H19N3O. The van der Waals surface area contributed by atoms with E-state index in [1.54, 1.807) is 6.92 Å². The molecule has 4 heteroatoms. The van der Waals surface area contributed by atoms with Gasteiger partial charge in [-0.2, -0.15) is 0 Å². The van der Waals surface area contributed by atoms with Crippen LogP contribution in [0.5, 0.6) is 0 Å². The molecule has 1 aromatic rings. The van der Waals surface area contributed by atoms with Gasteiger partial charge in [0.2, 0.25) is 5.91 Å². The number of nitrogen functional groups attached to an aromatic ring is 1. The van der Waals surface area contributed by atoms with Crippen molar-refractivity contribution in [3.8, 4) is 0 Å². The van der Waals surface area contributed by atoms with Crippen LogP contribution >= 0.6 is 0 Å². The number of carbonyl (C=O) groups excluding carboxylic acids is 1. The largest absolute Gasteiger partial charge is 0.399 e. The Bertz CT molecular complexity index is 417. The van der Waals surface area contributed by atoms with E-state index >= 15 is 0 Å². The summed E-state index contributed by atoms with van der Waals surface area (Å²) in [7, 11) is 0. The van der Waals surface area contributed by atoms with Crippen LogP contribution in [0.3, 0.4) is 0 Å². The summed E-state index contributed by atoms with van der Waals surface area (Å²) in [6.45, 7) is 4.15. The van der Waals surface area contributed by atoms with Gasteiger partial charge in [0.1, 0.15) is 0 Å². The van der Waals surface area contributed by atoms with Crippen LogP contribution in [0.15, 0.2) is 18.2 Å². The highest BCUT2D eigenvalue weighted by molar-refractivity contribution is 5.72. The van der Waals surface area contributed by atoms with E-state index in [0.29, 0.717) is 6.54 Å². The number of amides is 1. The van der Waals surface area contributed by atoms with Gasteiger partial charge in [-0.25, -0.2) is 0 Å². The molecule has 0 bridgehead atoms. The van der Waals surface area contributed by atoms with E-state index < -0.39 is 0 Å². The highest BCUT2D eigenvalue weighted by Gasteiger charge is 2.16. The SMILES string of the molecule is CC(=O)NCCN1CCCc2cc(N)ccc21. The Hall–Kier alpha value is -1.71. The van der Waals surface area contributed by atoms with Crippen molar-refractivity contribution >= 4 is 17.3 Å². The molecule has 0 aliphatic carbocycles. The molecule has 1 amide bonds. The van der Waals surface area contributed by atoms with E-state index in [1.165, 1.54) is 11.3 Å². The average molecular weight is 233 g/mol. The van der Waals surface area contributed by atoms with Crippen molar-refractivity contribution in [1.29, 1.82) is 0 Å². The van der Waals surface area contributed by atoms with Gasteiger partial charge in [-0.05, 0) is 36.6 Å². The minimum absolute atomic E-state index is 0.0274. The quantitative estimate of drug-likeness (QED) is 0.770. The second-order valence-corrected chi connectivity index (χ2v) is 4.46. The third-order valence-corrected chi connectivity index (χ3v) is 3.07. The number of rotatable bonds is 3. The van der Waals surface area contributed by atoms with Gasteiger partial charge in [-0.3, -0.25) is 4.79 Å². The van der Waals surface area contributed by atoms with Crippen molar-refractivity contribution in [3.05, 3.63) is 23.8 Å². The number of hydrogen-bond acceptors (Lipinski definition) is 3. The van der Waals surface area contributed by atoms with Gasteiger partial charge in [0, 0.05) is 37.9 Å². The van der Waals surface area contributed by atoms with Crippen LogP contribution in [-0.4, -0.2) is 25.5 Å². The molecule has 1 heterocycles. The molecule has 1 aromatic carbocycles. The van der Waals surface area contributed by atoms with Crippen LogP contribution in [0.2, 0.25) is 0 Å². The number of carbonyl (C=O) groups is 1. The smallest absolute Gasteiger partial charge is 0.216 e. The van der Waals surface area contributed by atoms with Gasteiger partial charge in [0.15, 0.2) is 0 Å². The summed E-state index contributed by atoms with van der Waals surface area (Å²) in [6.07, 6.45) is 2.24. The highest BCUT2D eigenvalue weighted by Crippen LogP contribution is 2.28. The Kier molecular flexibility index (Phi) is 3.52. The van der Waals surface area contributed by atoms with E-state index in [1.807, 2.05) is 6.07 Å². The first kappa shape index (κ1) is 11.8. The van der Waals surface area contributed by atoms with Gasteiger partial charge < -0.3 is 16.0 Å². The van der Waals surface area contributed by atoms with Crippen molar-refractivity contribution in [2.75, 3.05) is 30.3 Å². The number of benzene rings is 1. The summed E-state index contributed by atoms with van der Waals surface area (Å²) in [6, 6.07) is 6.08. The second kappa shape index (κ2) is 5.08. The molecule has 0 saturated carbocycles. The third-order valence-electron chi connectivity index (χ3n) is 3.07. The Balaban J connectivity index is 2.04. The van der Waals surface area contributed by atoms with E-state index in [-0.39, 0.29) is 5.91 Å². The van der Waals surface area contributed by atoms with E-state index in [9.17, 15) is 4.79 Å². The van der Waals surface area contributed by atoms with Crippen LogP contribution in [0.25, 0.3) is 0 Å². The van der Waals surface area contributed by atoms with Crippen LogP contribution in [0.1, 0.15) is 18.9 Å². The lowest BCUT2D eigenvalue weighted by molar-refractivity contribution is -0.118. The van der Waals surface area contributed by atoms with Crippen LogP contribution in [0, 0.1) is 0 Å². The van der Waals surface area contributed by atoms with Crippen molar-refractivity contribution in [2.45, 2.75) is 19.8 Å². The normalized spacial score (nSPS) is 14.3. The topological polar surface area (TPSA) is 58.4 Å². The minimum Gasteiger partial charge on any atom is -0.399 e. The molecule has 0 unspecified atom stereocenters. The minimum atomic E-state index is 0.0274. The van der Waals surface area contributed by atoms with E-state index in [2.05, 4.69) is 22.3 Å². The van der Waals surface area contributed by atoms with Crippen molar-refractivity contribution in [3.63, 3.8) is 0 Å². The Morgan fingerprint density at radius 2 is 2.35 bits per heavy atom. The molecule has 2 rings (SSSR count). The maximum Gasteiger partial charge on any atom is 0.216 e. The zero-order valence-electron chi connectivity index (χ0n) is 10.2. The number of nitrogens with zero attached hydrogens (tertiary/aromatic N) is 1. The van der Waals surface area contributed by atoms with Gasteiger partial charge >= 0.3 is 0 Å². The Morgan fingerprint density at radius 3 is 3.12 bits per heavy atom. The standard InChI is InChI=1S/C13H19N3O/c1-10(17)15-6-8-16-7-2-3-11-9-12(14)4-5-13(11)16/h4-5,9H,2-3,6-8,14H2,1H3,(H,15,17). The van der Waals surface area contributed by atoms with Gasteiger partial charge in [-0.15, -0.1) is 0 Å². The fourth-order valence-electron chi connectivity index (χ4n) is 2.29. The molecular weight excluding hydrogens is 214 g/mol. The molecule has 0 saturated heterocycles. The fraction of sp³-hybridized carbons (Fsp3) is 0.462. The molecule has 3 N–H and O–H groups in total. The number of fused-ring (bicyclic) bond motifs is 1. The molecule has 0 atom stereocenters. The molecule has 1 aliphatic rings. The summed E-state index contributed by atoms with van der Waals surface area (Å²) >= 11 is 0. The lowest BCUT2D eigenvalue weighted by Gasteiger charge is -2.31. The summed E-state index contributed by atoms with van der Waals surface area (Å²) in [5.74, 6) is 0.0274. The molecule has 0 fully saturated rings. The molecule has 4 nitrogen and oxygen atoms in total. The molecule has 0 radical (unpaired) electrons. The van der Waals surface area contributed by atoms with E-state index in [4.69, 9.17) is 5.73 Å². The van der Waals surface area contributed by atoms with Crippen molar-refractivity contribution < 1.29 is 4.79 Å². The predicted octanol–water partition coefficient (Wildman–Crippen LogP) is 1.16. The highest BCUT2D eigenvalue weighted by atomic mass is 16.1. The van der Waals surface area contributed by atoms with Crippen LogP contribution in [-0.2, 0) is 11.2 Å². The van der Waals surface area contributed by atoms with E-state index in [0.717, 1.165) is 31.6 Å². The third kappa shape index (κ3) is 2.90. The molecule has 1 aliphatic heterocycles. The summed E-state index contributed by atoms with van der Waals surface area (Å²) in [5, 5.41) is 2.83. The molecule has 0 aromatic heterocycles. The zero-order valence-corrected chi connectivity index (χ0v) is 10.2. The van der Waals surface area contributed by atoms with Gasteiger partial charge in [0.25, 0.3) is 0 Å². The molecule has 0 spiro atoms. The summed E-state index contributed by atoms with van der Waals surface area (Å²) in [5.41, 5.74) is 9.20. The van der Waals surface area contributed by atoms with Crippen molar-refractivity contribution in [1.82, 2.24) is 5.32 Å². The number of hydrogen-bond donors (Lipinski definition) is 2. The number of anilines is 2. The maximum absolute atomic E-state index is 10.8. The molecule has 17 heavy (non-hydrogen) atoms. The van der Waals surface area contributed by atoms with Gasteiger partial charge in [0.05, 0.1) is 0 Å². The number of nitrogens with one attached hydrogen (secondary N) is 1. The summed E-state index contributed by atoms with van der Waals surface area (Å²) < 4.78 is 0. The Morgan fingerprint density at radius 1 is 1.53 bits per heavy atom. The predicted molar refractivity (Wildman–Crippen MR) is 70.1 cm³/mol. The van der Waals surface area contributed by atoms with Crippen LogP contribution < -0.4 is 16.0 Å². The fourth-order valence-corrected chi connectivity index (χ4v) is 2.29. The average Bonchev–Trinajstić information content (AvgIpc) is 2.28. The first-order chi connectivity index (χ1) is 8.16. The monoisotopic (exact) mass is 233 g/mol. The van der Waals surface area contributed by atoms with Crippen molar-refractivity contribution in [2.24, 2.45) is 0 Å². The lowest BCUT2D eigenvalue weighted by Crippen LogP contribution is -2.37. The lowest BCUT2D eigenvalue weighted by atomic mass is 10.0. The molecule has 92 valence electrons. The van der Waals surface area contributed by atoms with Crippen LogP contribution in [0.4, 0.5) is 11.4 Å². The first-order valence-corrected chi connectivity index (χ1v) is 6.04. The maximum atomic E-state index is 10.8. The Labute approximate surface area is 102 Å². The zero-order chi connectivity index (χ0) is 12.3. The number of nitrogens with two attached hydrogens (primary N) is 1. The second-order valence-electron chi connectivity index (χ2n) is 4.46. The number of aryl methyl sites for hydroxylation is 1. The van der Waals surface area contributed by atoms with Gasteiger partial charge in [-0.1, -0.05) is 0 Å². The first-order valence-electron chi connectivity index (χ1n) is 6.04. The summed E-state index contributed by atoms with van der Waals surface area (Å²) in [4.78, 5) is 13.1.